The topological polar surface area (TPSA) is 33.2 Å². The van der Waals surface area contributed by atoms with Crippen LogP contribution in [0.3, 0.4) is 0 Å². The zero-order valence-corrected chi connectivity index (χ0v) is 11.6. The molecule has 0 unspecified atom stereocenters. The van der Waals surface area contributed by atoms with Crippen LogP contribution in [0.1, 0.15) is 28.9 Å². The monoisotopic (exact) mass is 278 g/mol. The second kappa shape index (κ2) is 5.20. The minimum absolute atomic E-state index is 0.148. The number of nitrogens with zero attached hydrogens (tertiary/aromatic N) is 2. The number of piperidine rings is 1. The number of likely N-dealkylation sites (tertiary alicyclic amines) is 1. The van der Waals surface area contributed by atoms with Crippen LogP contribution in [0.4, 0.5) is 0 Å². The molecule has 3 nitrogen and oxygen atoms in total. The summed E-state index contributed by atoms with van der Waals surface area (Å²) in [5, 5.41) is 2.98. The Kier molecular flexibility index (Phi) is 3.43. The zero-order valence-electron chi connectivity index (χ0n) is 9.96. The Hall–Kier alpha value is -1.20. The maximum Gasteiger partial charge on any atom is 0.265 e. The van der Waals surface area contributed by atoms with Gasteiger partial charge in [0.15, 0.2) is 0 Å². The summed E-state index contributed by atoms with van der Waals surface area (Å²) in [4.78, 5) is 20.5. The van der Waals surface area contributed by atoms with Gasteiger partial charge in [-0.2, -0.15) is 0 Å². The molecule has 0 aliphatic carbocycles. The maximum absolute atomic E-state index is 12.3. The SMILES string of the molecule is O=C(c1cnc(-c2cccs2)s1)N1CCCCC1. The first-order valence-corrected chi connectivity index (χ1v) is 7.83. The molecule has 5 heteroatoms. The fraction of sp³-hybridized carbons (Fsp3) is 0.385. The number of carbonyl (C=O) groups is 1. The molecule has 1 saturated heterocycles. The highest BCUT2D eigenvalue weighted by atomic mass is 32.1. The first-order valence-electron chi connectivity index (χ1n) is 6.13. The van der Waals surface area contributed by atoms with Gasteiger partial charge in [0.25, 0.3) is 5.91 Å². The predicted molar refractivity (Wildman–Crippen MR) is 75.2 cm³/mol. The molecule has 1 aliphatic heterocycles. The van der Waals surface area contributed by atoms with Gasteiger partial charge in [0.1, 0.15) is 9.88 Å². The molecular weight excluding hydrogens is 264 g/mol. The molecule has 3 heterocycles. The number of aromatic nitrogens is 1. The van der Waals surface area contributed by atoms with Gasteiger partial charge in [0.2, 0.25) is 0 Å². The lowest BCUT2D eigenvalue weighted by atomic mass is 10.1. The minimum Gasteiger partial charge on any atom is -0.338 e. The van der Waals surface area contributed by atoms with E-state index in [0.29, 0.717) is 0 Å². The zero-order chi connectivity index (χ0) is 12.4. The van der Waals surface area contributed by atoms with Gasteiger partial charge in [-0.3, -0.25) is 4.79 Å². The van der Waals surface area contributed by atoms with Crippen molar-refractivity contribution in [2.45, 2.75) is 19.3 Å². The summed E-state index contributed by atoms with van der Waals surface area (Å²) in [6.45, 7) is 1.79. The number of rotatable bonds is 2. The average molecular weight is 278 g/mol. The van der Waals surface area contributed by atoms with E-state index in [1.165, 1.54) is 17.8 Å². The van der Waals surface area contributed by atoms with E-state index in [9.17, 15) is 4.79 Å². The second-order valence-corrected chi connectivity index (χ2v) is 6.34. The number of hydrogen-bond donors (Lipinski definition) is 0. The maximum atomic E-state index is 12.3. The summed E-state index contributed by atoms with van der Waals surface area (Å²) in [7, 11) is 0. The fourth-order valence-corrected chi connectivity index (χ4v) is 3.83. The molecule has 0 radical (unpaired) electrons. The highest BCUT2D eigenvalue weighted by molar-refractivity contribution is 7.21. The number of hydrogen-bond acceptors (Lipinski definition) is 4. The number of thiophene rings is 1. The predicted octanol–water partition coefficient (Wildman–Crippen LogP) is 3.50. The van der Waals surface area contributed by atoms with Gasteiger partial charge in [0.05, 0.1) is 11.1 Å². The van der Waals surface area contributed by atoms with Crippen LogP contribution < -0.4 is 0 Å². The number of carbonyl (C=O) groups excluding carboxylic acids is 1. The van der Waals surface area contributed by atoms with E-state index in [1.807, 2.05) is 22.4 Å². The number of amides is 1. The molecule has 1 fully saturated rings. The summed E-state index contributed by atoms with van der Waals surface area (Å²) in [6.07, 6.45) is 5.22. The lowest BCUT2D eigenvalue weighted by Gasteiger charge is -2.25. The summed E-state index contributed by atoms with van der Waals surface area (Å²) in [5.41, 5.74) is 0. The molecule has 1 amide bonds. The van der Waals surface area contributed by atoms with Gasteiger partial charge in [-0.25, -0.2) is 4.98 Å². The van der Waals surface area contributed by atoms with Gasteiger partial charge >= 0.3 is 0 Å². The molecule has 94 valence electrons. The first-order chi connectivity index (χ1) is 8.84. The van der Waals surface area contributed by atoms with Crippen molar-refractivity contribution in [1.29, 1.82) is 0 Å². The third-order valence-electron chi connectivity index (χ3n) is 3.09. The van der Waals surface area contributed by atoms with Crippen molar-refractivity contribution >= 4 is 28.6 Å². The van der Waals surface area contributed by atoms with Crippen LogP contribution in [0.25, 0.3) is 9.88 Å². The standard InChI is InChI=1S/C13H14N2OS2/c16-13(15-6-2-1-3-7-15)11-9-14-12(18-11)10-5-4-8-17-10/h4-5,8-9H,1-3,6-7H2. The number of thiazole rings is 1. The molecule has 3 rings (SSSR count). The molecule has 1 aliphatic rings. The third kappa shape index (κ3) is 2.33. The van der Waals surface area contributed by atoms with E-state index >= 15 is 0 Å². The van der Waals surface area contributed by atoms with E-state index in [-0.39, 0.29) is 5.91 Å². The van der Waals surface area contributed by atoms with Gasteiger partial charge in [0, 0.05) is 13.1 Å². The summed E-state index contributed by atoms with van der Waals surface area (Å²) < 4.78 is 0. The molecule has 2 aromatic rings. The molecule has 0 saturated carbocycles. The van der Waals surface area contributed by atoms with Crippen LogP contribution >= 0.6 is 22.7 Å². The fourth-order valence-electron chi connectivity index (χ4n) is 2.14. The molecule has 0 aromatic carbocycles. The Labute approximate surface area is 114 Å². The molecule has 2 aromatic heterocycles. The largest absolute Gasteiger partial charge is 0.338 e. The van der Waals surface area contributed by atoms with Crippen molar-refractivity contribution in [2.24, 2.45) is 0 Å². The highest BCUT2D eigenvalue weighted by Gasteiger charge is 2.20. The smallest absolute Gasteiger partial charge is 0.265 e. The van der Waals surface area contributed by atoms with Crippen molar-refractivity contribution < 1.29 is 4.79 Å². The van der Waals surface area contributed by atoms with Crippen LogP contribution in [0, 0.1) is 0 Å². The summed E-state index contributed by atoms with van der Waals surface area (Å²) in [6, 6.07) is 4.05. The molecule has 0 N–H and O–H groups in total. The van der Waals surface area contributed by atoms with Crippen LogP contribution in [0.15, 0.2) is 23.7 Å². The van der Waals surface area contributed by atoms with Crippen LogP contribution in [0.2, 0.25) is 0 Å². The van der Waals surface area contributed by atoms with E-state index in [1.54, 1.807) is 17.5 Å². The molecular formula is C13H14N2OS2. The average Bonchev–Trinajstić information content (AvgIpc) is 3.09. The van der Waals surface area contributed by atoms with Crippen molar-refractivity contribution in [3.8, 4) is 9.88 Å². The van der Waals surface area contributed by atoms with Gasteiger partial charge in [-0.15, -0.1) is 22.7 Å². The lowest BCUT2D eigenvalue weighted by molar-refractivity contribution is 0.0729. The Morgan fingerprint density at radius 2 is 2.11 bits per heavy atom. The first kappa shape index (κ1) is 11.9. The van der Waals surface area contributed by atoms with Crippen LogP contribution in [-0.2, 0) is 0 Å². The third-order valence-corrected chi connectivity index (χ3v) is 5.12. The van der Waals surface area contributed by atoms with Crippen molar-refractivity contribution in [3.63, 3.8) is 0 Å². The van der Waals surface area contributed by atoms with Crippen LogP contribution in [-0.4, -0.2) is 28.9 Å². The Bertz CT molecular complexity index is 527. The van der Waals surface area contributed by atoms with Gasteiger partial charge in [-0.1, -0.05) is 6.07 Å². The lowest BCUT2D eigenvalue weighted by Crippen LogP contribution is -2.35. The summed E-state index contributed by atoms with van der Waals surface area (Å²) in [5.74, 6) is 0.148. The molecule has 0 atom stereocenters. The van der Waals surface area contributed by atoms with Gasteiger partial charge < -0.3 is 4.90 Å². The summed E-state index contributed by atoms with van der Waals surface area (Å²) >= 11 is 3.16. The van der Waals surface area contributed by atoms with Gasteiger partial charge in [-0.05, 0) is 30.7 Å². The van der Waals surface area contributed by atoms with E-state index in [2.05, 4.69) is 4.98 Å². The van der Waals surface area contributed by atoms with Crippen LogP contribution in [0.5, 0.6) is 0 Å². The minimum atomic E-state index is 0.148. The van der Waals surface area contributed by atoms with Crippen molar-refractivity contribution in [1.82, 2.24) is 9.88 Å². The second-order valence-electron chi connectivity index (χ2n) is 4.36. The Morgan fingerprint density at radius 1 is 1.28 bits per heavy atom. The van der Waals surface area contributed by atoms with E-state index < -0.39 is 0 Å². The van der Waals surface area contributed by atoms with E-state index in [0.717, 1.165) is 40.7 Å². The quantitative estimate of drug-likeness (QED) is 0.842. The van der Waals surface area contributed by atoms with Crippen molar-refractivity contribution in [3.05, 3.63) is 28.6 Å². The Morgan fingerprint density at radius 3 is 2.83 bits per heavy atom. The normalized spacial score (nSPS) is 15.9. The van der Waals surface area contributed by atoms with Crippen molar-refractivity contribution in [2.75, 3.05) is 13.1 Å². The molecule has 0 spiro atoms. The molecule has 0 bridgehead atoms. The molecule has 18 heavy (non-hydrogen) atoms. The highest BCUT2D eigenvalue weighted by Crippen LogP contribution is 2.29. The van der Waals surface area contributed by atoms with E-state index in [4.69, 9.17) is 0 Å². The Balaban J connectivity index is 1.78.